The average molecular weight is 401 g/mol. The fraction of sp³-hybridized carbons (Fsp3) is 0. The molecule has 0 heterocycles. The fourth-order valence-corrected chi connectivity index (χ4v) is 2.38. The number of hydrogen-bond acceptors (Lipinski definition) is 2. The van der Waals surface area contributed by atoms with Gasteiger partial charge in [-0.05, 0) is 59.0 Å². The molecular formula is C14H10ClIN2O2. The lowest BCUT2D eigenvalue weighted by atomic mass is 10.1. The van der Waals surface area contributed by atoms with Gasteiger partial charge in [0.15, 0.2) is 0 Å². The Labute approximate surface area is 134 Å². The number of anilines is 1. The summed E-state index contributed by atoms with van der Waals surface area (Å²) in [5.41, 5.74) is 6.38. The Morgan fingerprint density at radius 1 is 1.15 bits per heavy atom. The Kier molecular flexibility index (Phi) is 4.61. The molecule has 0 fully saturated rings. The molecule has 2 amide bonds. The van der Waals surface area contributed by atoms with Crippen molar-refractivity contribution in [1.82, 2.24) is 0 Å². The zero-order chi connectivity index (χ0) is 14.7. The van der Waals surface area contributed by atoms with Gasteiger partial charge in [0.1, 0.15) is 0 Å². The van der Waals surface area contributed by atoms with Gasteiger partial charge in [0.2, 0.25) is 5.91 Å². The van der Waals surface area contributed by atoms with E-state index >= 15 is 0 Å². The molecule has 0 atom stereocenters. The summed E-state index contributed by atoms with van der Waals surface area (Å²) in [5, 5.41) is 2.95. The van der Waals surface area contributed by atoms with Crippen molar-refractivity contribution in [2.24, 2.45) is 5.73 Å². The molecule has 2 aromatic rings. The predicted octanol–water partition coefficient (Wildman–Crippen LogP) is 3.30. The first-order chi connectivity index (χ1) is 9.47. The zero-order valence-electron chi connectivity index (χ0n) is 10.2. The van der Waals surface area contributed by atoms with Crippen LogP contribution in [0.4, 0.5) is 5.69 Å². The molecule has 102 valence electrons. The topological polar surface area (TPSA) is 72.2 Å². The van der Waals surface area contributed by atoms with E-state index in [1.54, 1.807) is 24.3 Å². The second kappa shape index (κ2) is 6.23. The molecule has 0 spiro atoms. The van der Waals surface area contributed by atoms with Gasteiger partial charge in [0.25, 0.3) is 5.91 Å². The third-order valence-corrected chi connectivity index (χ3v) is 3.58. The van der Waals surface area contributed by atoms with Crippen molar-refractivity contribution in [3.05, 3.63) is 62.2 Å². The highest BCUT2D eigenvalue weighted by Gasteiger charge is 2.10. The molecule has 0 aliphatic heterocycles. The molecule has 3 N–H and O–H groups in total. The van der Waals surface area contributed by atoms with Crippen LogP contribution >= 0.6 is 34.2 Å². The number of carbonyl (C=O) groups excluding carboxylic acids is 2. The lowest BCUT2D eigenvalue weighted by molar-refractivity contribution is 0.0996. The summed E-state index contributed by atoms with van der Waals surface area (Å²) in [5.74, 6) is -0.901. The summed E-state index contributed by atoms with van der Waals surface area (Å²) < 4.78 is 0.962. The molecule has 0 aliphatic rings. The minimum atomic E-state index is -0.639. The first-order valence-electron chi connectivity index (χ1n) is 5.63. The van der Waals surface area contributed by atoms with E-state index in [1.165, 1.54) is 12.1 Å². The van der Waals surface area contributed by atoms with Gasteiger partial charge in [0.05, 0.1) is 10.6 Å². The van der Waals surface area contributed by atoms with Crippen molar-refractivity contribution >= 4 is 51.7 Å². The van der Waals surface area contributed by atoms with Crippen LogP contribution in [0.1, 0.15) is 20.7 Å². The van der Waals surface area contributed by atoms with E-state index in [0.29, 0.717) is 11.3 Å². The molecule has 20 heavy (non-hydrogen) atoms. The smallest absolute Gasteiger partial charge is 0.255 e. The van der Waals surface area contributed by atoms with Crippen LogP contribution < -0.4 is 11.1 Å². The number of halogens is 2. The standard InChI is InChI=1S/C14H10ClIN2O2/c15-12-5-4-10(7-11(12)13(17)19)18-14(20)8-2-1-3-9(16)6-8/h1-7H,(H2,17,19)(H,18,20). The van der Waals surface area contributed by atoms with Crippen LogP contribution in [0.3, 0.4) is 0 Å². The Morgan fingerprint density at radius 2 is 1.90 bits per heavy atom. The molecule has 6 heteroatoms. The summed E-state index contributed by atoms with van der Waals surface area (Å²) >= 11 is 7.98. The van der Waals surface area contributed by atoms with Crippen LogP contribution in [-0.4, -0.2) is 11.8 Å². The van der Waals surface area contributed by atoms with Gasteiger partial charge in [-0.3, -0.25) is 9.59 Å². The highest BCUT2D eigenvalue weighted by molar-refractivity contribution is 14.1. The number of amides is 2. The second-order valence-electron chi connectivity index (χ2n) is 4.02. The van der Waals surface area contributed by atoms with E-state index in [4.69, 9.17) is 17.3 Å². The van der Waals surface area contributed by atoms with Crippen molar-refractivity contribution in [2.75, 3.05) is 5.32 Å². The summed E-state index contributed by atoms with van der Waals surface area (Å²) in [6.45, 7) is 0. The molecule has 0 saturated heterocycles. The van der Waals surface area contributed by atoms with Gasteiger partial charge in [0, 0.05) is 14.8 Å². The number of rotatable bonds is 3. The van der Waals surface area contributed by atoms with Crippen molar-refractivity contribution < 1.29 is 9.59 Å². The van der Waals surface area contributed by atoms with Gasteiger partial charge in [-0.25, -0.2) is 0 Å². The SMILES string of the molecule is NC(=O)c1cc(NC(=O)c2cccc(I)c2)ccc1Cl. The zero-order valence-corrected chi connectivity index (χ0v) is 13.1. The number of nitrogens with two attached hydrogens (primary N) is 1. The van der Waals surface area contributed by atoms with Gasteiger partial charge in [-0.2, -0.15) is 0 Å². The highest BCUT2D eigenvalue weighted by atomic mass is 127. The van der Waals surface area contributed by atoms with Gasteiger partial charge >= 0.3 is 0 Å². The summed E-state index contributed by atoms with van der Waals surface area (Å²) in [6, 6.07) is 11.8. The van der Waals surface area contributed by atoms with E-state index < -0.39 is 5.91 Å². The van der Waals surface area contributed by atoms with E-state index in [1.807, 2.05) is 6.07 Å². The van der Waals surface area contributed by atoms with E-state index in [9.17, 15) is 9.59 Å². The van der Waals surface area contributed by atoms with Crippen LogP contribution in [0.25, 0.3) is 0 Å². The predicted molar refractivity (Wildman–Crippen MR) is 87.1 cm³/mol. The Morgan fingerprint density at radius 3 is 2.55 bits per heavy atom. The van der Waals surface area contributed by atoms with Crippen molar-refractivity contribution in [3.63, 3.8) is 0 Å². The minimum Gasteiger partial charge on any atom is -0.366 e. The van der Waals surface area contributed by atoms with Crippen LogP contribution in [0.2, 0.25) is 5.02 Å². The molecule has 0 aromatic heterocycles. The van der Waals surface area contributed by atoms with Crippen molar-refractivity contribution in [2.45, 2.75) is 0 Å². The quantitative estimate of drug-likeness (QED) is 0.776. The molecule has 2 aromatic carbocycles. The van der Waals surface area contributed by atoms with Crippen LogP contribution in [-0.2, 0) is 0 Å². The maximum Gasteiger partial charge on any atom is 0.255 e. The molecule has 0 aliphatic carbocycles. The lowest BCUT2D eigenvalue weighted by Crippen LogP contribution is -2.15. The molecule has 0 saturated carbocycles. The number of nitrogens with one attached hydrogen (secondary N) is 1. The van der Waals surface area contributed by atoms with E-state index in [2.05, 4.69) is 27.9 Å². The highest BCUT2D eigenvalue weighted by Crippen LogP contribution is 2.20. The number of hydrogen-bond donors (Lipinski definition) is 2. The van der Waals surface area contributed by atoms with E-state index in [0.717, 1.165) is 3.57 Å². The largest absolute Gasteiger partial charge is 0.366 e. The van der Waals surface area contributed by atoms with Gasteiger partial charge in [-0.1, -0.05) is 17.7 Å². The van der Waals surface area contributed by atoms with Crippen LogP contribution in [0.5, 0.6) is 0 Å². The van der Waals surface area contributed by atoms with Crippen molar-refractivity contribution in [3.8, 4) is 0 Å². The maximum absolute atomic E-state index is 12.1. The number of carbonyl (C=O) groups is 2. The fourth-order valence-electron chi connectivity index (χ4n) is 1.62. The Balaban J connectivity index is 2.24. The first-order valence-corrected chi connectivity index (χ1v) is 7.09. The first kappa shape index (κ1) is 14.8. The lowest BCUT2D eigenvalue weighted by Gasteiger charge is -2.08. The van der Waals surface area contributed by atoms with Crippen LogP contribution in [0, 0.1) is 3.57 Å². The average Bonchev–Trinajstić information content (AvgIpc) is 2.40. The summed E-state index contributed by atoms with van der Waals surface area (Å²) in [4.78, 5) is 23.3. The molecular weight excluding hydrogens is 391 g/mol. The molecule has 0 bridgehead atoms. The number of primary amides is 1. The van der Waals surface area contributed by atoms with Crippen molar-refractivity contribution in [1.29, 1.82) is 0 Å². The minimum absolute atomic E-state index is 0.173. The summed E-state index contributed by atoms with van der Waals surface area (Å²) in [7, 11) is 0. The maximum atomic E-state index is 12.1. The summed E-state index contributed by atoms with van der Waals surface area (Å²) in [6.07, 6.45) is 0. The second-order valence-corrected chi connectivity index (χ2v) is 5.68. The monoisotopic (exact) mass is 400 g/mol. The van der Waals surface area contributed by atoms with Gasteiger partial charge < -0.3 is 11.1 Å². The third kappa shape index (κ3) is 3.49. The van der Waals surface area contributed by atoms with Gasteiger partial charge in [-0.15, -0.1) is 0 Å². The van der Waals surface area contributed by atoms with E-state index in [-0.39, 0.29) is 16.5 Å². The van der Waals surface area contributed by atoms with Crippen LogP contribution in [0.15, 0.2) is 42.5 Å². The normalized spacial score (nSPS) is 10.1. The molecule has 0 radical (unpaired) electrons. The molecule has 4 nitrogen and oxygen atoms in total. The Hall–Kier alpha value is -1.60. The number of benzene rings is 2. The molecule has 2 rings (SSSR count). The third-order valence-electron chi connectivity index (χ3n) is 2.58. The molecule has 0 unspecified atom stereocenters. The Bertz CT molecular complexity index is 689.